The number of nitrogens with two attached hydrogens (primary N) is 1. The minimum atomic E-state index is 0.0544. The minimum absolute atomic E-state index is 0.0544. The Labute approximate surface area is 106 Å². The van der Waals surface area contributed by atoms with E-state index in [1.807, 2.05) is 24.3 Å². The normalized spacial score (nSPS) is 18.8. The van der Waals surface area contributed by atoms with E-state index < -0.39 is 0 Å². The van der Waals surface area contributed by atoms with E-state index in [0.717, 1.165) is 10.6 Å². The molecule has 94 valence electrons. The van der Waals surface area contributed by atoms with Gasteiger partial charge in [-0.3, -0.25) is 0 Å². The molecule has 0 amide bonds. The Morgan fingerprint density at radius 1 is 1.47 bits per heavy atom. The fourth-order valence-electron chi connectivity index (χ4n) is 1.90. The molecule has 0 bridgehead atoms. The lowest BCUT2D eigenvalue weighted by Gasteiger charge is -2.22. The zero-order valence-electron chi connectivity index (χ0n) is 10.0. The van der Waals surface area contributed by atoms with Crippen molar-refractivity contribution in [3.8, 4) is 5.75 Å². The highest BCUT2D eigenvalue weighted by atomic mass is 32.2. The maximum atomic E-state index is 9.46. The second-order valence-corrected chi connectivity index (χ2v) is 5.69. The van der Waals surface area contributed by atoms with Crippen LogP contribution in [0.5, 0.6) is 5.75 Å². The topological polar surface area (TPSA) is 55.5 Å². The molecule has 1 fully saturated rings. The smallest absolute Gasteiger partial charge is 0.132 e. The molecule has 1 aliphatic rings. The highest BCUT2D eigenvalue weighted by Crippen LogP contribution is 2.39. The number of thioether (sulfide) groups is 1. The molecule has 2 rings (SSSR count). The molecule has 1 aromatic carbocycles. The van der Waals surface area contributed by atoms with Crippen molar-refractivity contribution in [3.05, 3.63) is 24.3 Å². The van der Waals surface area contributed by atoms with Crippen LogP contribution in [0.25, 0.3) is 0 Å². The quantitative estimate of drug-likeness (QED) is 0.760. The Morgan fingerprint density at radius 2 is 2.18 bits per heavy atom. The van der Waals surface area contributed by atoms with Gasteiger partial charge in [0.2, 0.25) is 0 Å². The van der Waals surface area contributed by atoms with E-state index in [1.165, 1.54) is 12.8 Å². The molecular formula is C13H19NO2S. The molecular weight excluding hydrogens is 234 g/mol. The molecule has 2 unspecified atom stereocenters. The lowest BCUT2D eigenvalue weighted by molar-refractivity contribution is 0.277. The summed E-state index contributed by atoms with van der Waals surface area (Å²) in [5.41, 5.74) is 6.15. The van der Waals surface area contributed by atoms with Gasteiger partial charge in [-0.05, 0) is 30.9 Å². The Hall–Kier alpha value is -0.710. The SMILES string of the molecule is COc1ccccc1SC(CO)C(N)C1CC1. The van der Waals surface area contributed by atoms with Crippen LogP contribution >= 0.6 is 11.8 Å². The summed E-state index contributed by atoms with van der Waals surface area (Å²) in [6, 6.07) is 7.93. The van der Waals surface area contributed by atoms with Gasteiger partial charge in [-0.2, -0.15) is 0 Å². The molecule has 3 nitrogen and oxygen atoms in total. The first-order valence-corrected chi connectivity index (χ1v) is 6.80. The number of methoxy groups -OCH3 is 1. The molecule has 0 saturated heterocycles. The molecule has 1 aliphatic carbocycles. The number of hydrogen-bond donors (Lipinski definition) is 2. The number of para-hydroxylation sites is 1. The van der Waals surface area contributed by atoms with Gasteiger partial charge in [0.1, 0.15) is 5.75 Å². The first-order chi connectivity index (χ1) is 8.26. The van der Waals surface area contributed by atoms with Crippen molar-refractivity contribution in [3.63, 3.8) is 0 Å². The Kier molecular flexibility index (Phi) is 4.31. The van der Waals surface area contributed by atoms with Crippen LogP contribution in [0.4, 0.5) is 0 Å². The van der Waals surface area contributed by atoms with Crippen molar-refractivity contribution in [2.45, 2.75) is 29.0 Å². The minimum Gasteiger partial charge on any atom is -0.496 e. The largest absolute Gasteiger partial charge is 0.496 e. The van der Waals surface area contributed by atoms with Crippen LogP contribution in [-0.4, -0.2) is 30.1 Å². The predicted octanol–water partition coefficient (Wildman–Crippen LogP) is 1.89. The summed E-state index contributed by atoms with van der Waals surface area (Å²) in [5.74, 6) is 1.44. The van der Waals surface area contributed by atoms with E-state index >= 15 is 0 Å². The molecule has 0 aliphatic heterocycles. The van der Waals surface area contributed by atoms with E-state index in [1.54, 1.807) is 18.9 Å². The lowest BCUT2D eigenvalue weighted by Crippen LogP contribution is -2.36. The lowest BCUT2D eigenvalue weighted by atomic mass is 10.1. The van der Waals surface area contributed by atoms with Crippen LogP contribution in [0.15, 0.2) is 29.2 Å². The van der Waals surface area contributed by atoms with Crippen LogP contribution in [0.1, 0.15) is 12.8 Å². The number of aliphatic hydroxyl groups is 1. The zero-order chi connectivity index (χ0) is 12.3. The van der Waals surface area contributed by atoms with Gasteiger partial charge in [-0.1, -0.05) is 12.1 Å². The summed E-state index contributed by atoms with van der Waals surface area (Å²) in [6.45, 7) is 0.111. The van der Waals surface area contributed by atoms with Crippen molar-refractivity contribution < 1.29 is 9.84 Å². The summed E-state index contributed by atoms with van der Waals surface area (Å²) < 4.78 is 5.30. The van der Waals surface area contributed by atoms with Gasteiger partial charge in [0.25, 0.3) is 0 Å². The molecule has 0 aromatic heterocycles. The third kappa shape index (κ3) is 3.15. The first kappa shape index (κ1) is 12.7. The highest BCUT2D eigenvalue weighted by Gasteiger charge is 2.34. The first-order valence-electron chi connectivity index (χ1n) is 5.92. The summed E-state index contributed by atoms with van der Waals surface area (Å²) >= 11 is 1.62. The molecule has 4 heteroatoms. The third-order valence-electron chi connectivity index (χ3n) is 3.12. The standard InChI is InChI=1S/C13H19NO2S/c1-16-10-4-2-3-5-11(10)17-12(8-15)13(14)9-6-7-9/h2-5,9,12-13,15H,6-8,14H2,1H3. The van der Waals surface area contributed by atoms with E-state index in [0.29, 0.717) is 5.92 Å². The average Bonchev–Trinajstić information content (AvgIpc) is 3.19. The third-order valence-corrected chi connectivity index (χ3v) is 4.48. The van der Waals surface area contributed by atoms with Crippen molar-refractivity contribution in [1.29, 1.82) is 0 Å². The molecule has 3 N–H and O–H groups in total. The molecule has 0 spiro atoms. The summed E-state index contributed by atoms with van der Waals surface area (Å²) in [5, 5.41) is 9.51. The van der Waals surface area contributed by atoms with Crippen LogP contribution < -0.4 is 10.5 Å². The fourth-order valence-corrected chi connectivity index (χ4v) is 3.11. The maximum Gasteiger partial charge on any atom is 0.132 e. The number of rotatable bonds is 6. The van der Waals surface area contributed by atoms with Crippen LogP contribution in [-0.2, 0) is 0 Å². The van der Waals surface area contributed by atoms with Crippen molar-refractivity contribution >= 4 is 11.8 Å². The fraction of sp³-hybridized carbons (Fsp3) is 0.538. The molecule has 0 heterocycles. The highest BCUT2D eigenvalue weighted by molar-refractivity contribution is 8.00. The molecule has 2 atom stereocenters. The second kappa shape index (κ2) is 5.76. The predicted molar refractivity (Wildman–Crippen MR) is 70.4 cm³/mol. The molecule has 0 radical (unpaired) electrons. The maximum absolute atomic E-state index is 9.46. The Morgan fingerprint density at radius 3 is 2.76 bits per heavy atom. The zero-order valence-corrected chi connectivity index (χ0v) is 10.8. The number of ether oxygens (including phenoxy) is 1. The number of hydrogen-bond acceptors (Lipinski definition) is 4. The number of benzene rings is 1. The summed E-state index contributed by atoms with van der Waals surface area (Å²) in [7, 11) is 1.66. The summed E-state index contributed by atoms with van der Waals surface area (Å²) in [4.78, 5) is 1.05. The molecule has 1 aromatic rings. The number of aliphatic hydroxyl groups excluding tert-OH is 1. The van der Waals surface area contributed by atoms with E-state index in [9.17, 15) is 5.11 Å². The van der Waals surface area contributed by atoms with Gasteiger partial charge >= 0.3 is 0 Å². The van der Waals surface area contributed by atoms with E-state index in [2.05, 4.69) is 0 Å². The molecule has 17 heavy (non-hydrogen) atoms. The van der Waals surface area contributed by atoms with Crippen molar-refractivity contribution in [2.24, 2.45) is 11.7 Å². The Balaban J connectivity index is 2.06. The van der Waals surface area contributed by atoms with E-state index in [-0.39, 0.29) is 17.9 Å². The van der Waals surface area contributed by atoms with Crippen LogP contribution in [0, 0.1) is 5.92 Å². The van der Waals surface area contributed by atoms with Gasteiger partial charge in [-0.15, -0.1) is 11.8 Å². The van der Waals surface area contributed by atoms with E-state index in [4.69, 9.17) is 10.5 Å². The van der Waals surface area contributed by atoms with Gasteiger partial charge < -0.3 is 15.6 Å². The Bertz CT molecular complexity index is 368. The van der Waals surface area contributed by atoms with Crippen molar-refractivity contribution in [1.82, 2.24) is 0 Å². The van der Waals surface area contributed by atoms with Gasteiger partial charge in [0.15, 0.2) is 0 Å². The van der Waals surface area contributed by atoms with Crippen LogP contribution in [0.2, 0.25) is 0 Å². The molecule has 1 saturated carbocycles. The van der Waals surface area contributed by atoms with Gasteiger partial charge in [-0.25, -0.2) is 0 Å². The summed E-state index contributed by atoms with van der Waals surface area (Å²) in [6.07, 6.45) is 2.40. The monoisotopic (exact) mass is 253 g/mol. The van der Waals surface area contributed by atoms with Crippen molar-refractivity contribution in [2.75, 3.05) is 13.7 Å². The average molecular weight is 253 g/mol. The van der Waals surface area contributed by atoms with Crippen LogP contribution in [0.3, 0.4) is 0 Å². The van der Waals surface area contributed by atoms with Gasteiger partial charge in [0.05, 0.1) is 13.7 Å². The second-order valence-electron chi connectivity index (χ2n) is 4.40. The van der Waals surface area contributed by atoms with Gasteiger partial charge in [0, 0.05) is 16.2 Å².